The maximum atomic E-state index is 12.2. The Labute approximate surface area is 165 Å². The lowest BCUT2D eigenvalue weighted by Gasteiger charge is -2.31. The summed E-state index contributed by atoms with van der Waals surface area (Å²) in [5, 5.41) is 27.7. The highest BCUT2D eigenvalue weighted by molar-refractivity contribution is 7.66. The molecule has 11 N–H and O–H groups in total. The summed E-state index contributed by atoms with van der Waals surface area (Å²) in [5.74, 6) is -1.32. The number of rotatable bonds is 7. The number of nitrogens with zero attached hydrogens (tertiary/aromatic N) is 2. The first-order valence-corrected chi connectivity index (χ1v) is 12.1. The molecule has 0 spiro atoms. The van der Waals surface area contributed by atoms with E-state index in [0.29, 0.717) is 0 Å². The van der Waals surface area contributed by atoms with E-state index in [9.17, 15) is 33.7 Å². The Balaban J connectivity index is 1.97. The quantitative estimate of drug-likeness (QED) is 0.110. The third-order valence-electron chi connectivity index (χ3n) is 3.98. The van der Waals surface area contributed by atoms with Gasteiger partial charge in [0.25, 0.3) is 0 Å². The Morgan fingerprint density at radius 2 is 1.70 bits per heavy atom. The Morgan fingerprint density at radius 3 is 2.23 bits per heavy atom. The lowest BCUT2D eigenvalue weighted by Crippen LogP contribution is -2.35. The van der Waals surface area contributed by atoms with Crippen LogP contribution in [0.25, 0.3) is 0 Å². The Morgan fingerprint density at radius 1 is 1.10 bits per heavy atom. The van der Waals surface area contributed by atoms with Crippen LogP contribution in [-0.4, -0.2) is 63.5 Å². The molecule has 7 atom stereocenters. The Bertz CT molecular complexity index is 1020. The minimum atomic E-state index is -5.81. The molecule has 30 heavy (non-hydrogen) atoms. The van der Waals surface area contributed by atoms with Gasteiger partial charge in [-0.1, -0.05) is 0 Å². The van der Waals surface area contributed by atoms with Crippen molar-refractivity contribution in [1.82, 2.24) is 9.55 Å². The molecule has 7 unspecified atom stereocenters. The van der Waals surface area contributed by atoms with E-state index in [1.165, 1.54) is 0 Å². The van der Waals surface area contributed by atoms with Crippen LogP contribution in [0, 0.1) is 5.41 Å². The summed E-state index contributed by atoms with van der Waals surface area (Å²) in [6, 6.07) is 0. The van der Waals surface area contributed by atoms with Crippen LogP contribution in [0.4, 0.5) is 5.82 Å². The summed E-state index contributed by atoms with van der Waals surface area (Å²) in [4.78, 5) is 40.0. The molecule has 1 aromatic rings. The number of hydrogen-bond acceptors (Lipinski definition) is 12. The summed E-state index contributed by atoms with van der Waals surface area (Å²) in [6.45, 7) is 0. The van der Waals surface area contributed by atoms with Crippen molar-refractivity contribution in [2.24, 2.45) is 5.73 Å². The zero-order valence-electron chi connectivity index (χ0n) is 14.3. The number of phosphoric acid groups is 3. The summed E-state index contributed by atoms with van der Waals surface area (Å²) < 4.78 is 52.6. The maximum absolute atomic E-state index is 12.2. The van der Waals surface area contributed by atoms with Gasteiger partial charge in [0.1, 0.15) is 41.5 Å². The number of nitrogens with two attached hydrogens (primary N) is 2. The van der Waals surface area contributed by atoms with Gasteiger partial charge in [-0.05, 0) is 0 Å². The van der Waals surface area contributed by atoms with Crippen molar-refractivity contribution in [3.63, 3.8) is 0 Å². The van der Waals surface area contributed by atoms with Gasteiger partial charge in [-0.3, -0.25) is 14.5 Å². The van der Waals surface area contributed by atoms with Crippen molar-refractivity contribution in [3.8, 4) is 0 Å². The number of hydrogen-bond donors (Lipinski definition) is 9. The average Bonchev–Trinajstić information content (AvgIpc) is 2.99. The van der Waals surface area contributed by atoms with Crippen LogP contribution in [0.5, 0.6) is 0 Å². The summed E-state index contributed by atoms with van der Waals surface area (Å²) in [7, 11) is -17.1. The van der Waals surface area contributed by atoms with E-state index in [4.69, 9.17) is 35.9 Å². The highest BCUT2D eigenvalue weighted by Gasteiger charge is 2.57. The van der Waals surface area contributed by atoms with Crippen molar-refractivity contribution in [2.45, 2.75) is 30.6 Å². The van der Waals surface area contributed by atoms with Crippen LogP contribution in [0.3, 0.4) is 0 Å². The summed E-state index contributed by atoms with van der Waals surface area (Å²) in [6.07, 6.45) is -8.12. The monoisotopic (exact) mass is 495 g/mol. The molecule has 2 aliphatic rings. The number of fused-ring (bicyclic) bond motifs is 4. The number of aliphatic hydroxyl groups excluding tert-OH is 2. The predicted octanol–water partition coefficient (Wildman–Crippen LogP) is -2.23. The fourth-order valence-corrected chi connectivity index (χ4v) is 6.14. The molecule has 0 saturated carbocycles. The number of imidazole rings is 1. The van der Waals surface area contributed by atoms with Crippen LogP contribution in [0.1, 0.15) is 23.9 Å². The fraction of sp³-hybridized carbons (Fsp3) is 0.556. The number of aliphatic hydroxyl groups is 2. The molecule has 3 heterocycles. The van der Waals surface area contributed by atoms with Gasteiger partial charge in [0.05, 0.1) is 0 Å². The van der Waals surface area contributed by atoms with Crippen molar-refractivity contribution in [3.05, 3.63) is 11.5 Å². The van der Waals surface area contributed by atoms with E-state index in [2.05, 4.69) is 13.6 Å². The van der Waals surface area contributed by atoms with Crippen LogP contribution >= 0.6 is 23.5 Å². The first-order valence-electron chi connectivity index (χ1n) is 7.59. The zero-order valence-corrected chi connectivity index (χ0v) is 17.0. The predicted molar refractivity (Wildman–Crippen MR) is 91.3 cm³/mol. The Kier molecular flexibility index (Phi) is 5.80. The fourth-order valence-electron chi connectivity index (χ4n) is 2.98. The first-order chi connectivity index (χ1) is 13.5. The van der Waals surface area contributed by atoms with Crippen LogP contribution in [0.2, 0.25) is 0 Å². The number of phosphoric ester groups is 1. The second-order valence-corrected chi connectivity index (χ2v) is 10.4. The van der Waals surface area contributed by atoms with Crippen molar-refractivity contribution >= 4 is 35.1 Å². The van der Waals surface area contributed by atoms with E-state index >= 15 is 0 Å². The lowest BCUT2D eigenvalue weighted by molar-refractivity contribution is -0.111. The number of aromatic nitrogens is 2. The topological polar surface area (TPSA) is 303 Å². The molecule has 2 bridgehead atoms. The van der Waals surface area contributed by atoms with Gasteiger partial charge in [-0.25, -0.2) is 18.7 Å². The zero-order chi connectivity index (χ0) is 22.8. The number of nitrogen functional groups attached to an aromatic ring is 2. The summed E-state index contributed by atoms with van der Waals surface area (Å²) in [5.41, 5.74) is 10.8. The normalized spacial score (nSPS) is 32.3. The molecule has 170 valence electrons. The van der Waals surface area contributed by atoms with Crippen LogP contribution in [-0.2, 0) is 31.6 Å². The standard InChI is InChI=1S/C9H16N5O13P3/c10-6(11)1-7(12)14-8(13-1)5(4-2(15)3(16)9(14)24-4)25-29(20,21)27-30(22,23)26-28(17,18)19/h2-5,9,15-16H,12H2,(H3,10,11)(H,20,21)(H,22,23)(H2,17,18,19). The van der Waals surface area contributed by atoms with E-state index in [1.807, 2.05) is 0 Å². The molecule has 0 radical (unpaired) electrons. The molecule has 0 amide bonds. The van der Waals surface area contributed by atoms with Crippen molar-refractivity contribution < 1.29 is 61.4 Å². The minimum Gasteiger partial charge on any atom is -0.387 e. The molecule has 3 rings (SSSR count). The van der Waals surface area contributed by atoms with Gasteiger partial charge in [0, 0.05) is 0 Å². The Hall–Kier alpha value is -1.23. The molecule has 2 aliphatic heterocycles. The molecule has 1 saturated heterocycles. The second kappa shape index (κ2) is 7.43. The van der Waals surface area contributed by atoms with Crippen molar-refractivity contribution in [1.29, 1.82) is 5.41 Å². The molecule has 18 nitrogen and oxygen atoms in total. The largest absolute Gasteiger partial charge is 0.490 e. The first kappa shape index (κ1) is 23.4. The molecule has 1 fully saturated rings. The minimum absolute atomic E-state index is 0.317. The van der Waals surface area contributed by atoms with Gasteiger partial charge in [-0.15, -0.1) is 0 Å². The second-order valence-electron chi connectivity index (χ2n) is 6.08. The third-order valence-corrected chi connectivity index (χ3v) is 7.80. The van der Waals surface area contributed by atoms with Crippen LogP contribution < -0.4 is 11.5 Å². The van der Waals surface area contributed by atoms with Gasteiger partial charge in [0.2, 0.25) is 0 Å². The number of nitrogens with one attached hydrogen (secondary N) is 1. The van der Waals surface area contributed by atoms with Gasteiger partial charge < -0.3 is 46.0 Å². The van der Waals surface area contributed by atoms with E-state index in [0.717, 1.165) is 4.57 Å². The molecule has 0 aliphatic carbocycles. The van der Waals surface area contributed by atoms with Gasteiger partial charge in [-0.2, -0.15) is 8.62 Å². The third kappa shape index (κ3) is 4.37. The van der Waals surface area contributed by atoms with Gasteiger partial charge >= 0.3 is 23.5 Å². The number of ether oxygens (including phenoxy) is 1. The van der Waals surface area contributed by atoms with E-state index in [1.54, 1.807) is 0 Å². The molecular formula is C9H16N5O13P3. The van der Waals surface area contributed by atoms with Crippen molar-refractivity contribution in [2.75, 3.05) is 5.73 Å². The average molecular weight is 495 g/mol. The highest BCUT2D eigenvalue weighted by atomic mass is 31.3. The van der Waals surface area contributed by atoms with Crippen LogP contribution in [0.15, 0.2) is 0 Å². The number of amidine groups is 1. The lowest BCUT2D eigenvalue weighted by atomic mass is 10.1. The molecule has 21 heteroatoms. The molecular weight excluding hydrogens is 479 g/mol. The van der Waals surface area contributed by atoms with E-state index < -0.39 is 59.9 Å². The van der Waals surface area contributed by atoms with Gasteiger partial charge in [0.15, 0.2) is 12.3 Å². The molecule has 1 aromatic heterocycles. The smallest absolute Gasteiger partial charge is 0.387 e. The highest BCUT2D eigenvalue weighted by Crippen LogP contribution is 2.68. The maximum Gasteiger partial charge on any atom is 0.490 e. The SMILES string of the molecule is N=C(N)c1nc2n(c1N)C1OC(C2OP(=O)(O)OP(=O)(O)OP(=O)(O)O)C(O)C1O. The summed E-state index contributed by atoms with van der Waals surface area (Å²) >= 11 is 0. The number of anilines is 1. The van der Waals surface area contributed by atoms with E-state index in [-0.39, 0.29) is 17.3 Å². The molecule has 0 aromatic carbocycles.